The van der Waals surface area contributed by atoms with Gasteiger partial charge in [0.2, 0.25) is 0 Å². The zero-order chi connectivity index (χ0) is 10.4. The van der Waals surface area contributed by atoms with Crippen LogP contribution in [-0.2, 0) is 0 Å². The van der Waals surface area contributed by atoms with Gasteiger partial charge < -0.3 is 0 Å². The largest absolute Gasteiger partial charge is 0.100 e. The summed E-state index contributed by atoms with van der Waals surface area (Å²) < 4.78 is 0. The summed E-state index contributed by atoms with van der Waals surface area (Å²) in [5, 5.41) is 0. The molecule has 1 saturated carbocycles. The third-order valence-electron chi connectivity index (χ3n) is 3.44. The molecular weight excluding hydrogens is 168 g/mol. The summed E-state index contributed by atoms with van der Waals surface area (Å²) >= 11 is 0. The highest BCUT2D eigenvalue weighted by atomic mass is 14.4. The zero-order valence-corrected chi connectivity index (χ0v) is 10.0. The fourth-order valence-electron chi connectivity index (χ4n) is 2.28. The van der Waals surface area contributed by atoms with Crippen LogP contribution in [0.25, 0.3) is 0 Å². The summed E-state index contributed by atoms with van der Waals surface area (Å²) in [5.41, 5.74) is 1.36. The van der Waals surface area contributed by atoms with E-state index in [9.17, 15) is 0 Å². The molecule has 0 saturated heterocycles. The summed E-state index contributed by atoms with van der Waals surface area (Å²) in [4.78, 5) is 0. The molecule has 0 amide bonds. The van der Waals surface area contributed by atoms with E-state index in [0.29, 0.717) is 0 Å². The van der Waals surface area contributed by atoms with Crippen molar-refractivity contribution < 1.29 is 0 Å². The maximum atomic E-state index is 3.97. The highest BCUT2D eigenvalue weighted by Crippen LogP contribution is 2.45. The first-order valence-corrected chi connectivity index (χ1v) is 6.38. The van der Waals surface area contributed by atoms with Crippen molar-refractivity contribution in [2.45, 2.75) is 65.2 Å². The van der Waals surface area contributed by atoms with Gasteiger partial charge in [0.1, 0.15) is 0 Å². The Labute approximate surface area is 89.8 Å². The van der Waals surface area contributed by atoms with Crippen LogP contribution in [-0.4, -0.2) is 0 Å². The second kappa shape index (κ2) is 6.27. The molecule has 0 aromatic rings. The normalized spacial score (nSPS) is 25.0. The minimum atomic E-state index is 1.06. The van der Waals surface area contributed by atoms with E-state index < -0.39 is 0 Å². The Morgan fingerprint density at radius 3 is 2.50 bits per heavy atom. The van der Waals surface area contributed by atoms with Gasteiger partial charge in [-0.3, -0.25) is 0 Å². The van der Waals surface area contributed by atoms with Crippen LogP contribution >= 0.6 is 0 Å². The fraction of sp³-hybridized carbons (Fsp3) is 0.857. The fourth-order valence-corrected chi connectivity index (χ4v) is 2.28. The van der Waals surface area contributed by atoms with Crippen molar-refractivity contribution in [2.24, 2.45) is 11.8 Å². The van der Waals surface area contributed by atoms with Gasteiger partial charge in [0, 0.05) is 0 Å². The van der Waals surface area contributed by atoms with E-state index in [1.54, 1.807) is 0 Å². The molecule has 0 radical (unpaired) electrons. The molecular formula is C14H26. The monoisotopic (exact) mass is 194 g/mol. The summed E-state index contributed by atoms with van der Waals surface area (Å²) in [5.74, 6) is 2.15. The lowest BCUT2D eigenvalue weighted by molar-refractivity contribution is 0.552. The summed E-state index contributed by atoms with van der Waals surface area (Å²) in [7, 11) is 0. The molecule has 0 heterocycles. The van der Waals surface area contributed by atoms with Crippen LogP contribution in [0.3, 0.4) is 0 Å². The Kier molecular flexibility index (Phi) is 5.29. The molecule has 1 aliphatic rings. The lowest BCUT2D eigenvalue weighted by atomic mass is 10.1. The van der Waals surface area contributed by atoms with Crippen LogP contribution in [0.4, 0.5) is 0 Å². The number of unbranched alkanes of at least 4 members (excludes halogenated alkanes) is 3. The minimum Gasteiger partial charge on any atom is -0.100 e. The second-order valence-electron chi connectivity index (χ2n) is 5.10. The number of rotatable bonds is 8. The van der Waals surface area contributed by atoms with Gasteiger partial charge in [-0.1, -0.05) is 44.6 Å². The van der Waals surface area contributed by atoms with Gasteiger partial charge in [-0.2, -0.15) is 0 Å². The van der Waals surface area contributed by atoms with Crippen molar-refractivity contribution in [1.29, 1.82) is 0 Å². The molecule has 0 nitrogen and oxygen atoms in total. The van der Waals surface area contributed by atoms with Crippen LogP contribution in [0, 0.1) is 11.8 Å². The molecule has 0 bridgehead atoms. The summed E-state index contributed by atoms with van der Waals surface area (Å²) in [6, 6.07) is 0. The predicted molar refractivity (Wildman–Crippen MR) is 64.4 cm³/mol. The molecule has 0 N–H and O–H groups in total. The summed E-state index contributed by atoms with van der Waals surface area (Å²) in [6.45, 7) is 8.40. The molecule has 1 aliphatic carbocycles. The van der Waals surface area contributed by atoms with E-state index in [1.807, 2.05) is 0 Å². The molecule has 1 fully saturated rings. The average Bonchev–Trinajstić information content (AvgIpc) is 2.88. The molecule has 2 atom stereocenters. The Balaban J connectivity index is 1.90. The van der Waals surface area contributed by atoms with Crippen molar-refractivity contribution in [2.75, 3.05) is 0 Å². The van der Waals surface area contributed by atoms with Crippen LogP contribution in [0.1, 0.15) is 65.2 Å². The van der Waals surface area contributed by atoms with Gasteiger partial charge in [-0.15, -0.1) is 6.58 Å². The van der Waals surface area contributed by atoms with E-state index in [0.717, 1.165) is 11.8 Å². The van der Waals surface area contributed by atoms with Crippen molar-refractivity contribution >= 4 is 0 Å². The molecule has 2 unspecified atom stereocenters. The third kappa shape index (κ3) is 4.83. The maximum absolute atomic E-state index is 3.97. The molecule has 0 aromatic heterocycles. The highest BCUT2D eigenvalue weighted by Gasteiger charge is 2.35. The average molecular weight is 194 g/mol. The first-order chi connectivity index (χ1) is 6.74. The second-order valence-corrected chi connectivity index (χ2v) is 5.10. The lowest BCUT2D eigenvalue weighted by Gasteiger charge is -2.00. The van der Waals surface area contributed by atoms with Crippen molar-refractivity contribution in [3.8, 4) is 0 Å². The number of allylic oxidation sites excluding steroid dienone is 1. The van der Waals surface area contributed by atoms with Crippen molar-refractivity contribution in [1.82, 2.24) is 0 Å². The Hall–Kier alpha value is -0.260. The van der Waals surface area contributed by atoms with Crippen LogP contribution < -0.4 is 0 Å². The third-order valence-corrected chi connectivity index (χ3v) is 3.44. The van der Waals surface area contributed by atoms with Crippen LogP contribution in [0.5, 0.6) is 0 Å². The van der Waals surface area contributed by atoms with Gasteiger partial charge in [0.05, 0.1) is 0 Å². The van der Waals surface area contributed by atoms with E-state index in [4.69, 9.17) is 0 Å². The smallest absolute Gasteiger partial charge is 0.0323 e. The molecule has 82 valence electrons. The Morgan fingerprint density at radius 2 is 1.86 bits per heavy atom. The van der Waals surface area contributed by atoms with E-state index in [1.165, 1.54) is 56.9 Å². The van der Waals surface area contributed by atoms with Crippen LogP contribution in [0.2, 0.25) is 0 Å². The molecule has 1 rings (SSSR count). The Bertz CT molecular complexity index is 169. The van der Waals surface area contributed by atoms with E-state index in [-0.39, 0.29) is 0 Å². The lowest BCUT2D eigenvalue weighted by Crippen LogP contribution is -1.85. The van der Waals surface area contributed by atoms with Gasteiger partial charge >= 0.3 is 0 Å². The first-order valence-electron chi connectivity index (χ1n) is 6.38. The predicted octanol–water partition coefficient (Wildman–Crippen LogP) is 4.95. The number of hydrogen-bond acceptors (Lipinski definition) is 0. The SMILES string of the molecule is C=C(C)CCC1CC1CCCCCC. The maximum Gasteiger partial charge on any atom is -0.0323 e. The van der Waals surface area contributed by atoms with E-state index in [2.05, 4.69) is 20.4 Å². The van der Waals surface area contributed by atoms with Gasteiger partial charge in [0.15, 0.2) is 0 Å². The Morgan fingerprint density at radius 1 is 1.14 bits per heavy atom. The number of hydrogen-bond donors (Lipinski definition) is 0. The quantitative estimate of drug-likeness (QED) is 0.379. The van der Waals surface area contributed by atoms with Gasteiger partial charge in [0.25, 0.3) is 0 Å². The minimum absolute atomic E-state index is 1.06. The summed E-state index contributed by atoms with van der Waals surface area (Å²) in [6.07, 6.45) is 11.4. The van der Waals surface area contributed by atoms with Gasteiger partial charge in [-0.05, 0) is 38.0 Å². The molecule has 0 aromatic carbocycles. The highest BCUT2D eigenvalue weighted by molar-refractivity contribution is 4.93. The van der Waals surface area contributed by atoms with Crippen molar-refractivity contribution in [3.63, 3.8) is 0 Å². The van der Waals surface area contributed by atoms with Crippen LogP contribution in [0.15, 0.2) is 12.2 Å². The van der Waals surface area contributed by atoms with Gasteiger partial charge in [-0.25, -0.2) is 0 Å². The standard InChI is InChI=1S/C14H26/c1-4-5-6-7-8-13-11-14(13)10-9-12(2)3/h13-14H,2,4-11H2,1,3H3. The van der Waals surface area contributed by atoms with E-state index >= 15 is 0 Å². The zero-order valence-electron chi connectivity index (χ0n) is 10.0. The first kappa shape index (κ1) is 11.8. The topological polar surface area (TPSA) is 0 Å². The molecule has 14 heavy (non-hydrogen) atoms. The molecule has 0 heteroatoms. The molecule has 0 aliphatic heterocycles. The molecule has 0 spiro atoms. The van der Waals surface area contributed by atoms with Crippen molar-refractivity contribution in [3.05, 3.63) is 12.2 Å².